The third-order valence-electron chi connectivity index (χ3n) is 4.21. The lowest BCUT2D eigenvalue weighted by Crippen LogP contribution is -2.26. The molecule has 1 aromatic heterocycles. The molecule has 140 valence electrons. The molecule has 2 heterocycles. The number of nitrogens with one attached hydrogen (secondary N) is 1. The fraction of sp³-hybridized carbons (Fsp3) is 0.526. The minimum absolute atomic E-state index is 0.00859. The summed E-state index contributed by atoms with van der Waals surface area (Å²) in [5.41, 5.74) is 0.841. The zero-order valence-corrected chi connectivity index (χ0v) is 15.7. The van der Waals surface area contributed by atoms with Gasteiger partial charge in [0, 0.05) is 18.3 Å². The number of aromatic nitrogens is 2. The summed E-state index contributed by atoms with van der Waals surface area (Å²) in [5, 5.41) is 6.99. The van der Waals surface area contributed by atoms with Gasteiger partial charge in [-0.05, 0) is 31.0 Å². The predicted molar refractivity (Wildman–Crippen MR) is 95.1 cm³/mol. The molecule has 7 heteroatoms. The fourth-order valence-electron chi connectivity index (χ4n) is 2.64. The van der Waals surface area contributed by atoms with Crippen molar-refractivity contribution in [2.75, 3.05) is 6.79 Å². The Morgan fingerprint density at radius 3 is 2.77 bits per heavy atom. The molecule has 0 fully saturated rings. The van der Waals surface area contributed by atoms with Crippen LogP contribution < -0.4 is 14.8 Å². The number of fused-ring (bicyclic) bond motifs is 1. The van der Waals surface area contributed by atoms with E-state index in [4.69, 9.17) is 14.0 Å². The van der Waals surface area contributed by atoms with Crippen molar-refractivity contribution in [3.63, 3.8) is 0 Å². The molecule has 1 aliphatic rings. The number of hydrogen-bond acceptors (Lipinski definition) is 6. The van der Waals surface area contributed by atoms with Gasteiger partial charge in [0.05, 0.1) is 6.04 Å². The van der Waals surface area contributed by atoms with Crippen LogP contribution >= 0.6 is 0 Å². The van der Waals surface area contributed by atoms with Crippen LogP contribution in [-0.2, 0) is 16.6 Å². The van der Waals surface area contributed by atoms with Gasteiger partial charge in [-0.2, -0.15) is 4.98 Å². The Balaban J connectivity index is 1.46. The van der Waals surface area contributed by atoms with E-state index in [0.717, 1.165) is 17.1 Å². The van der Waals surface area contributed by atoms with Gasteiger partial charge in [-0.15, -0.1) is 0 Å². The molecule has 26 heavy (non-hydrogen) atoms. The van der Waals surface area contributed by atoms with E-state index in [2.05, 4.69) is 15.5 Å². The van der Waals surface area contributed by atoms with Gasteiger partial charge < -0.3 is 19.3 Å². The molecule has 1 amide bonds. The molecule has 1 unspecified atom stereocenters. The van der Waals surface area contributed by atoms with Crippen molar-refractivity contribution in [1.29, 1.82) is 0 Å². The third kappa shape index (κ3) is 4.33. The molecule has 1 aromatic carbocycles. The minimum atomic E-state index is -0.140. The van der Waals surface area contributed by atoms with Crippen LogP contribution in [0.3, 0.4) is 0 Å². The van der Waals surface area contributed by atoms with Gasteiger partial charge in [0.1, 0.15) is 0 Å². The quantitative estimate of drug-likeness (QED) is 0.852. The average molecular weight is 359 g/mol. The van der Waals surface area contributed by atoms with E-state index in [1.54, 1.807) is 0 Å². The van der Waals surface area contributed by atoms with Gasteiger partial charge in [0.25, 0.3) is 0 Å². The van der Waals surface area contributed by atoms with Gasteiger partial charge in [-0.25, -0.2) is 0 Å². The van der Waals surface area contributed by atoms with E-state index in [1.807, 2.05) is 45.9 Å². The second-order valence-corrected chi connectivity index (χ2v) is 7.52. The first-order chi connectivity index (χ1) is 12.3. The number of carbonyl (C=O) groups is 1. The van der Waals surface area contributed by atoms with Crippen molar-refractivity contribution in [1.82, 2.24) is 15.5 Å². The lowest BCUT2D eigenvalue weighted by atomic mass is 9.96. The molecule has 7 nitrogen and oxygen atoms in total. The summed E-state index contributed by atoms with van der Waals surface area (Å²) in [6, 6.07) is 5.60. The van der Waals surface area contributed by atoms with Crippen LogP contribution in [0.1, 0.15) is 63.9 Å². The average Bonchev–Trinajstić information content (AvgIpc) is 3.22. The highest BCUT2D eigenvalue weighted by Crippen LogP contribution is 2.34. The van der Waals surface area contributed by atoms with Crippen molar-refractivity contribution in [2.45, 2.75) is 58.4 Å². The topological polar surface area (TPSA) is 86.5 Å². The number of benzene rings is 1. The molecule has 3 rings (SSSR count). The van der Waals surface area contributed by atoms with Crippen LogP contribution in [0.5, 0.6) is 11.5 Å². The molecule has 0 radical (unpaired) electrons. The smallest absolute Gasteiger partial charge is 0.231 e. The lowest BCUT2D eigenvalue weighted by Gasteiger charge is -2.14. The maximum atomic E-state index is 12.2. The van der Waals surface area contributed by atoms with Crippen molar-refractivity contribution < 1.29 is 18.8 Å². The van der Waals surface area contributed by atoms with E-state index < -0.39 is 0 Å². The Labute approximate surface area is 153 Å². The Morgan fingerprint density at radius 1 is 1.27 bits per heavy atom. The first kappa shape index (κ1) is 18.2. The van der Waals surface area contributed by atoms with Crippen LogP contribution in [0.4, 0.5) is 0 Å². The van der Waals surface area contributed by atoms with Crippen molar-refractivity contribution in [3.8, 4) is 11.5 Å². The zero-order chi connectivity index (χ0) is 18.7. The second kappa shape index (κ2) is 7.35. The van der Waals surface area contributed by atoms with E-state index >= 15 is 0 Å². The maximum absolute atomic E-state index is 12.2. The third-order valence-corrected chi connectivity index (χ3v) is 4.21. The highest BCUT2D eigenvalue weighted by atomic mass is 16.7. The number of hydrogen-bond donors (Lipinski definition) is 1. The number of rotatable bonds is 6. The van der Waals surface area contributed by atoms with Crippen LogP contribution in [0.15, 0.2) is 22.7 Å². The summed E-state index contributed by atoms with van der Waals surface area (Å²) in [6.07, 6.45) is 1.66. The van der Waals surface area contributed by atoms with Crippen molar-refractivity contribution in [3.05, 3.63) is 35.5 Å². The predicted octanol–water partition coefficient (Wildman–Crippen LogP) is 3.30. The Hall–Kier alpha value is -2.57. The standard InChI is InChI=1S/C19H25N3O4/c1-12(13-8-9-14-15(10-13)25-11-24-14)20-16(23)6-5-7-17-21-18(22-26-17)19(2,3)4/h8-10,12H,5-7,11H2,1-4H3,(H,20,23). The summed E-state index contributed by atoms with van der Waals surface area (Å²) >= 11 is 0. The zero-order valence-electron chi connectivity index (χ0n) is 15.7. The molecular formula is C19H25N3O4. The number of nitrogens with zero attached hydrogens (tertiary/aromatic N) is 2. The SMILES string of the molecule is CC(NC(=O)CCCc1nc(C(C)(C)C)no1)c1ccc2c(c1)OCO2. The van der Waals surface area contributed by atoms with E-state index in [0.29, 0.717) is 31.0 Å². The lowest BCUT2D eigenvalue weighted by molar-refractivity contribution is -0.121. The summed E-state index contributed by atoms with van der Waals surface area (Å²) in [4.78, 5) is 16.6. The number of ether oxygens (including phenoxy) is 2. The van der Waals surface area contributed by atoms with E-state index in [1.165, 1.54) is 0 Å². The van der Waals surface area contributed by atoms with Crippen LogP contribution in [0.25, 0.3) is 0 Å². The highest BCUT2D eigenvalue weighted by molar-refractivity contribution is 5.76. The van der Waals surface area contributed by atoms with Gasteiger partial charge in [-0.1, -0.05) is 32.0 Å². The van der Waals surface area contributed by atoms with Crippen LogP contribution in [0, 0.1) is 0 Å². The van der Waals surface area contributed by atoms with E-state index in [9.17, 15) is 4.79 Å². The molecule has 1 aliphatic heterocycles. The molecule has 0 bridgehead atoms. The largest absolute Gasteiger partial charge is 0.454 e. The minimum Gasteiger partial charge on any atom is -0.454 e. The second-order valence-electron chi connectivity index (χ2n) is 7.52. The number of carbonyl (C=O) groups excluding carboxylic acids is 1. The molecule has 2 aromatic rings. The Morgan fingerprint density at radius 2 is 2.04 bits per heavy atom. The van der Waals surface area contributed by atoms with Crippen molar-refractivity contribution >= 4 is 5.91 Å². The summed E-state index contributed by atoms with van der Waals surface area (Å²) < 4.78 is 15.9. The first-order valence-electron chi connectivity index (χ1n) is 8.85. The van der Waals surface area contributed by atoms with Gasteiger partial charge in [0.15, 0.2) is 17.3 Å². The van der Waals surface area contributed by atoms with Gasteiger partial charge in [-0.3, -0.25) is 4.79 Å². The summed E-state index contributed by atoms with van der Waals surface area (Å²) in [5.74, 6) is 2.71. The molecule has 0 saturated heterocycles. The summed E-state index contributed by atoms with van der Waals surface area (Å²) in [7, 11) is 0. The Bertz CT molecular complexity index is 779. The van der Waals surface area contributed by atoms with Gasteiger partial charge in [0.2, 0.25) is 18.6 Å². The van der Waals surface area contributed by atoms with Crippen molar-refractivity contribution in [2.24, 2.45) is 0 Å². The highest BCUT2D eigenvalue weighted by Gasteiger charge is 2.21. The first-order valence-corrected chi connectivity index (χ1v) is 8.85. The van der Waals surface area contributed by atoms with E-state index in [-0.39, 0.29) is 24.2 Å². The molecule has 0 aliphatic carbocycles. The number of amides is 1. The molecule has 1 atom stereocenters. The normalized spacial score (nSPS) is 14.3. The molecule has 1 N–H and O–H groups in total. The van der Waals surface area contributed by atoms with Crippen LogP contribution in [-0.4, -0.2) is 22.8 Å². The summed E-state index contributed by atoms with van der Waals surface area (Å²) in [6.45, 7) is 8.29. The number of aryl methyl sites for hydroxylation is 1. The fourth-order valence-corrected chi connectivity index (χ4v) is 2.64. The molecule has 0 spiro atoms. The van der Waals surface area contributed by atoms with Crippen LogP contribution in [0.2, 0.25) is 0 Å². The monoisotopic (exact) mass is 359 g/mol. The molecular weight excluding hydrogens is 334 g/mol. The molecule has 0 saturated carbocycles. The Kier molecular flexibility index (Phi) is 5.15. The maximum Gasteiger partial charge on any atom is 0.231 e. The van der Waals surface area contributed by atoms with Gasteiger partial charge >= 0.3 is 0 Å².